The van der Waals surface area contributed by atoms with E-state index in [-0.39, 0.29) is 5.56 Å². The van der Waals surface area contributed by atoms with E-state index in [9.17, 15) is 14.4 Å². The van der Waals surface area contributed by atoms with Gasteiger partial charge >= 0.3 is 5.97 Å². The average molecular weight is 338 g/mol. The first-order chi connectivity index (χ1) is 11.3. The van der Waals surface area contributed by atoms with Gasteiger partial charge in [-0.25, -0.2) is 4.79 Å². The maximum Gasteiger partial charge on any atom is 0.338 e. The summed E-state index contributed by atoms with van der Waals surface area (Å²) in [5, 5.41) is 0. The molecule has 8 heteroatoms. The lowest BCUT2D eigenvalue weighted by Crippen LogP contribution is -2.42. The maximum atomic E-state index is 11.9. The summed E-state index contributed by atoms with van der Waals surface area (Å²) in [4.78, 5) is 34.0. The highest BCUT2D eigenvalue weighted by atomic mass is 16.5. The van der Waals surface area contributed by atoms with Crippen LogP contribution in [0.2, 0.25) is 0 Å². The SMILES string of the molecule is COc1cc(C(=O)OCC(=O)NNC(C)=O)ccc1OCC(C)C. The summed E-state index contributed by atoms with van der Waals surface area (Å²) in [6.45, 7) is 5.27. The monoisotopic (exact) mass is 338 g/mol. The third-order valence-electron chi connectivity index (χ3n) is 2.68. The molecule has 0 spiro atoms. The normalized spacial score (nSPS) is 10.0. The van der Waals surface area contributed by atoms with E-state index in [0.29, 0.717) is 24.0 Å². The molecule has 0 radical (unpaired) electrons. The van der Waals surface area contributed by atoms with E-state index >= 15 is 0 Å². The van der Waals surface area contributed by atoms with Gasteiger partial charge in [0.05, 0.1) is 19.3 Å². The molecular weight excluding hydrogens is 316 g/mol. The van der Waals surface area contributed by atoms with Crippen LogP contribution in [0.15, 0.2) is 18.2 Å². The van der Waals surface area contributed by atoms with Crippen molar-refractivity contribution in [1.29, 1.82) is 0 Å². The summed E-state index contributed by atoms with van der Waals surface area (Å²) in [6, 6.07) is 4.60. The number of carbonyl (C=O) groups excluding carboxylic acids is 3. The average Bonchev–Trinajstić information content (AvgIpc) is 2.55. The number of hydrogen-bond acceptors (Lipinski definition) is 6. The molecule has 2 amide bonds. The molecule has 0 heterocycles. The lowest BCUT2D eigenvalue weighted by Gasteiger charge is -2.13. The molecule has 0 saturated heterocycles. The zero-order chi connectivity index (χ0) is 18.1. The van der Waals surface area contributed by atoms with Crippen molar-refractivity contribution >= 4 is 17.8 Å². The van der Waals surface area contributed by atoms with Crippen LogP contribution in [0.1, 0.15) is 31.1 Å². The molecule has 0 aliphatic heterocycles. The first-order valence-electron chi connectivity index (χ1n) is 7.36. The minimum atomic E-state index is -0.693. The molecule has 0 unspecified atom stereocenters. The van der Waals surface area contributed by atoms with Gasteiger partial charge in [-0.1, -0.05) is 13.8 Å². The van der Waals surface area contributed by atoms with Crippen LogP contribution in [-0.2, 0) is 14.3 Å². The number of benzene rings is 1. The smallest absolute Gasteiger partial charge is 0.338 e. The fourth-order valence-corrected chi connectivity index (χ4v) is 1.58. The van der Waals surface area contributed by atoms with Crippen molar-refractivity contribution in [3.8, 4) is 11.5 Å². The van der Waals surface area contributed by atoms with Crippen LogP contribution in [0.5, 0.6) is 11.5 Å². The highest BCUT2D eigenvalue weighted by Crippen LogP contribution is 2.28. The zero-order valence-corrected chi connectivity index (χ0v) is 14.2. The molecule has 0 aliphatic carbocycles. The van der Waals surface area contributed by atoms with E-state index in [1.165, 1.54) is 26.2 Å². The Morgan fingerprint density at radius 3 is 2.42 bits per heavy atom. The summed E-state index contributed by atoms with van der Waals surface area (Å²) in [6.07, 6.45) is 0. The van der Waals surface area contributed by atoms with Crippen LogP contribution in [0, 0.1) is 5.92 Å². The zero-order valence-electron chi connectivity index (χ0n) is 14.2. The molecule has 132 valence electrons. The van der Waals surface area contributed by atoms with Gasteiger partial charge in [0.15, 0.2) is 18.1 Å². The van der Waals surface area contributed by atoms with Gasteiger partial charge in [-0.2, -0.15) is 0 Å². The summed E-state index contributed by atoms with van der Waals surface area (Å²) in [5.41, 5.74) is 4.40. The number of nitrogens with one attached hydrogen (secondary N) is 2. The van der Waals surface area contributed by atoms with Crippen LogP contribution >= 0.6 is 0 Å². The molecule has 2 N–H and O–H groups in total. The van der Waals surface area contributed by atoms with E-state index in [1.54, 1.807) is 6.07 Å². The molecule has 0 fully saturated rings. The van der Waals surface area contributed by atoms with Gasteiger partial charge in [0.25, 0.3) is 5.91 Å². The Balaban J connectivity index is 2.64. The summed E-state index contributed by atoms with van der Waals surface area (Å²) in [7, 11) is 1.47. The second kappa shape index (κ2) is 9.39. The fourth-order valence-electron chi connectivity index (χ4n) is 1.58. The molecule has 0 atom stereocenters. The van der Waals surface area contributed by atoms with E-state index in [2.05, 4.69) is 10.9 Å². The molecule has 1 aromatic rings. The van der Waals surface area contributed by atoms with Gasteiger partial charge in [-0.3, -0.25) is 20.4 Å². The maximum absolute atomic E-state index is 11.9. The lowest BCUT2D eigenvalue weighted by atomic mass is 10.2. The second-order valence-electron chi connectivity index (χ2n) is 5.38. The topological polar surface area (TPSA) is 103 Å². The van der Waals surface area contributed by atoms with Crippen LogP contribution < -0.4 is 20.3 Å². The predicted octanol–water partition coefficient (Wildman–Crippen LogP) is 1.05. The number of carbonyl (C=O) groups is 3. The summed E-state index contributed by atoms with van der Waals surface area (Å²) in [5.74, 6) is -0.513. The van der Waals surface area contributed by atoms with Crippen LogP contribution in [0.3, 0.4) is 0 Å². The third kappa shape index (κ3) is 6.55. The number of ether oxygens (including phenoxy) is 3. The number of esters is 1. The van der Waals surface area contributed by atoms with Crippen LogP contribution in [0.4, 0.5) is 0 Å². The van der Waals surface area contributed by atoms with Crippen molar-refractivity contribution in [2.24, 2.45) is 5.92 Å². The Labute approximate surface area is 140 Å². The van der Waals surface area contributed by atoms with E-state index < -0.39 is 24.4 Å². The van der Waals surface area contributed by atoms with E-state index in [4.69, 9.17) is 14.2 Å². The Morgan fingerprint density at radius 2 is 1.83 bits per heavy atom. The first kappa shape index (κ1) is 19.3. The molecule has 1 aromatic carbocycles. The Kier molecular flexibility index (Phi) is 7.54. The standard InChI is InChI=1S/C16H22N2O6/c1-10(2)8-23-13-6-5-12(7-14(13)22-4)16(21)24-9-15(20)18-17-11(3)19/h5-7,10H,8-9H2,1-4H3,(H,17,19)(H,18,20). The number of rotatable bonds is 7. The first-order valence-corrected chi connectivity index (χ1v) is 7.36. The van der Waals surface area contributed by atoms with Gasteiger partial charge in [-0.05, 0) is 24.1 Å². The molecule has 0 aromatic heterocycles. The highest BCUT2D eigenvalue weighted by molar-refractivity contribution is 5.92. The quantitative estimate of drug-likeness (QED) is 0.569. The van der Waals surface area contributed by atoms with Gasteiger partial charge in [0, 0.05) is 6.92 Å². The lowest BCUT2D eigenvalue weighted by molar-refractivity contribution is -0.129. The number of hydrazine groups is 1. The number of hydrogen-bond donors (Lipinski definition) is 2. The van der Waals surface area contributed by atoms with E-state index in [1.807, 2.05) is 13.8 Å². The Hall–Kier alpha value is -2.77. The molecule has 0 bridgehead atoms. The molecule has 8 nitrogen and oxygen atoms in total. The third-order valence-corrected chi connectivity index (χ3v) is 2.68. The van der Waals surface area contributed by atoms with Crippen LogP contribution in [0.25, 0.3) is 0 Å². The van der Waals surface area contributed by atoms with Crippen molar-refractivity contribution in [3.05, 3.63) is 23.8 Å². The van der Waals surface area contributed by atoms with Gasteiger partial charge in [-0.15, -0.1) is 0 Å². The predicted molar refractivity (Wildman–Crippen MR) is 85.6 cm³/mol. The van der Waals surface area contributed by atoms with Crippen molar-refractivity contribution < 1.29 is 28.6 Å². The Bertz CT molecular complexity index is 600. The molecule has 0 saturated carbocycles. The molecule has 0 aliphatic rings. The highest BCUT2D eigenvalue weighted by Gasteiger charge is 2.14. The summed E-state index contributed by atoms with van der Waals surface area (Å²) < 4.78 is 15.7. The largest absolute Gasteiger partial charge is 0.493 e. The van der Waals surface area contributed by atoms with Crippen molar-refractivity contribution in [2.45, 2.75) is 20.8 Å². The number of methoxy groups -OCH3 is 1. The van der Waals surface area contributed by atoms with Gasteiger partial charge in [0.2, 0.25) is 5.91 Å². The fraction of sp³-hybridized carbons (Fsp3) is 0.438. The summed E-state index contributed by atoms with van der Waals surface area (Å²) >= 11 is 0. The second-order valence-corrected chi connectivity index (χ2v) is 5.38. The van der Waals surface area contributed by atoms with Crippen LogP contribution in [-0.4, -0.2) is 38.1 Å². The minimum absolute atomic E-state index is 0.219. The Morgan fingerprint density at radius 1 is 1.12 bits per heavy atom. The van der Waals surface area contributed by atoms with Gasteiger partial charge in [0.1, 0.15) is 0 Å². The van der Waals surface area contributed by atoms with Crippen molar-refractivity contribution in [1.82, 2.24) is 10.9 Å². The molecule has 1 rings (SSSR count). The minimum Gasteiger partial charge on any atom is -0.493 e. The van der Waals surface area contributed by atoms with Crippen molar-refractivity contribution in [2.75, 3.05) is 20.3 Å². The molecule has 24 heavy (non-hydrogen) atoms. The van der Waals surface area contributed by atoms with E-state index in [0.717, 1.165) is 0 Å². The van der Waals surface area contributed by atoms with Crippen molar-refractivity contribution in [3.63, 3.8) is 0 Å². The number of amides is 2. The molecular formula is C16H22N2O6. The van der Waals surface area contributed by atoms with Gasteiger partial charge < -0.3 is 14.2 Å².